The number of aliphatic hydroxyl groups is 1. The van der Waals surface area contributed by atoms with Gasteiger partial charge >= 0.3 is 6.43 Å². The number of carbonyl (C=O) groups excluding carboxylic acids is 1. The molecule has 0 radical (unpaired) electrons. The number of H-pyrrole nitrogens is 1. The van der Waals surface area contributed by atoms with Crippen LogP contribution >= 0.6 is 0 Å². The van der Waals surface area contributed by atoms with Crippen LogP contribution in [-0.4, -0.2) is 79.4 Å². The molecule has 1 saturated heterocycles. The molecule has 0 unspecified atom stereocenters. The molecule has 12 heteroatoms. The Hall–Kier alpha value is -3.74. The van der Waals surface area contributed by atoms with Crippen molar-refractivity contribution in [1.82, 2.24) is 29.6 Å². The van der Waals surface area contributed by atoms with Gasteiger partial charge in [-0.2, -0.15) is 10.1 Å². The highest BCUT2D eigenvalue weighted by atomic mass is 19.3. The van der Waals surface area contributed by atoms with Gasteiger partial charge < -0.3 is 20.1 Å². The summed E-state index contributed by atoms with van der Waals surface area (Å²) in [5.41, 5.74) is 3.24. The number of methoxy groups -OCH3 is 1. The van der Waals surface area contributed by atoms with E-state index in [4.69, 9.17) is 4.74 Å². The van der Waals surface area contributed by atoms with Crippen molar-refractivity contribution in [3.05, 3.63) is 65.2 Å². The van der Waals surface area contributed by atoms with Crippen LogP contribution in [-0.2, 0) is 17.8 Å². The predicted octanol–water partition coefficient (Wildman–Crippen LogP) is 2.70. The van der Waals surface area contributed by atoms with Crippen molar-refractivity contribution in [1.29, 1.82) is 0 Å². The molecule has 1 aliphatic rings. The van der Waals surface area contributed by atoms with Gasteiger partial charge in [0, 0.05) is 80.0 Å². The number of rotatable bonds is 9. The number of fused-ring (bicyclic) bond motifs is 1. The van der Waals surface area contributed by atoms with Gasteiger partial charge in [-0.05, 0) is 24.6 Å². The summed E-state index contributed by atoms with van der Waals surface area (Å²) in [7, 11) is 1.60. The van der Waals surface area contributed by atoms with E-state index >= 15 is 0 Å². The molecule has 0 amide bonds. The molecule has 1 aliphatic heterocycles. The first-order chi connectivity index (χ1) is 17.8. The van der Waals surface area contributed by atoms with Gasteiger partial charge in [-0.25, -0.2) is 18.4 Å². The number of aliphatic hydroxyl groups excluding tert-OH is 1. The molecule has 2 atom stereocenters. The van der Waals surface area contributed by atoms with Gasteiger partial charge in [0.15, 0.2) is 5.82 Å². The Labute approximate surface area is 211 Å². The molecule has 3 N–H and O–H groups in total. The summed E-state index contributed by atoms with van der Waals surface area (Å²) in [6, 6.07) is 7.02. The Morgan fingerprint density at radius 3 is 2.92 bits per heavy atom. The van der Waals surface area contributed by atoms with Crippen molar-refractivity contribution in [3.8, 4) is 5.82 Å². The van der Waals surface area contributed by atoms with Gasteiger partial charge in [-0.15, -0.1) is 0 Å². The third-order valence-electron chi connectivity index (χ3n) is 6.55. The molecule has 37 heavy (non-hydrogen) atoms. The van der Waals surface area contributed by atoms with Crippen LogP contribution in [0.1, 0.15) is 27.2 Å². The summed E-state index contributed by atoms with van der Waals surface area (Å²) in [4.78, 5) is 25.6. The number of ether oxygens (including phenoxy) is 1. The van der Waals surface area contributed by atoms with E-state index < -0.39 is 18.3 Å². The van der Waals surface area contributed by atoms with E-state index in [0.717, 1.165) is 16.8 Å². The normalized spacial score (nSPS) is 18.2. The number of likely N-dealkylation sites (tertiary alicyclic amines) is 1. The molecule has 0 aliphatic carbocycles. The van der Waals surface area contributed by atoms with Crippen molar-refractivity contribution >= 4 is 22.6 Å². The summed E-state index contributed by atoms with van der Waals surface area (Å²) in [5.74, 6) is -0.259. The van der Waals surface area contributed by atoms with Gasteiger partial charge in [0.05, 0.1) is 17.9 Å². The zero-order valence-corrected chi connectivity index (χ0v) is 20.4. The fourth-order valence-corrected chi connectivity index (χ4v) is 4.54. The van der Waals surface area contributed by atoms with E-state index in [1.54, 1.807) is 36.2 Å². The lowest BCUT2D eigenvalue weighted by Crippen LogP contribution is -2.25. The standard InChI is InChI=1S/C25H27F2N7O3/c1-14-16(10-33-12-20(35)21(13-33)37-2)11-34(32-14)22-5-6-28-25(31-22)30-8-15-3-4-19-17(7-15)18(9-29-19)23(36)24(26)27/h3-7,9,11,20-21,24,29,35H,8,10,12-13H2,1-2H3,(H,28,30,31)/t20-,21+/m0/s1. The highest BCUT2D eigenvalue weighted by Crippen LogP contribution is 2.23. The first kappa shape index (κ1) is 24.9. The first-order valence-electron chi connectivity index (χ1n) is 11.8. The fourth-order valence-electron chi connectivity index (χ4n) is 4.54. The van der Waals surface area contributed by atoms with E-state index in [1.807, 2.05) is 19.2 Å². The second kappa shape index (κ2) is 10.3. The van der Waals surface area contributed by atoms with Gasteiger partial charge in [-0.3, -0.25) is 9.69 Å². The number of aromatic nitrogens is 5. The van der Waals surface area contributed by atoms with Crippen molar-refractivity contribution < 1.29 is 23.4 Å². The van der Waals surface area contributed by atoms with E-state index in [0.29, 0.717) is 48.8 Å². The SMILES string of the molecule is CO[C@@H]1CN(Cc2cn(-c3ccnc(NCc4ccc5[nH]cc(C(=O)C(F)F)c5c4)n3)nc2C)C[C@@H]1O. The number of β-amino-alcohol motifs (C(OH)–C–C–N with tert-alkyl or cyclic N) is 1. The van der Waals surface area contributed by atoms with E-state index in [-0.39, 0.29) is 11.7 Å². The maximum absolute atomic E-state index is 12.9. The molecule has 1 fully saturated rings. The number of nitrogens with one attached hydrogen (secondary N) is 2. The molecule has 0 spiro atoms. The monoisotopic (exact) mass is 511 g/mol. The molecule has 10 nitrogen and oxygen atoms in total. The first-order valence-corrected chi connectivity index (χ1v) is 11.8. The molecule has 0 saturated carbocycles. The van der Waals surface area contributed by atoms with Gasteiger partial charge in [0.2, 0.25) is 11.7 Å². The number of carbonyl (C=O) groups is 1. The molecule has 3 aromatic heterocycles. The third kappa shape index (κ3) is 5.22. The van der Waals surface area contributed by atoms with Crippen LogP contribution < -0.4 is 5.32 Å². The summed E-state index contributed by atoms with van der Waals surface area (Å²) in [6.07, 6.45) is 1.08. The molecule has 0 bridgehead atoms. The number of benzene rings is 1. The number of aromatic amines is 1. The van der Waals surface area contributed by atoms with Crippen LogP contribution in [0.25, 0.3) is 16.7 Å². The minimum atomic E-state index is -3.06. The van der Waals surface area contributed by atoms with Gasteiger partial charge in [0.25, 0.3) is 0 Å². The molecule has 4 heterocycles. The Kier molecular flexibility index (Phi) is 6.96. The summed E-state index contributed by atoms with van der Waals surface area (Å²) in [5, 5.41) is 18.3. The minimum absolute atomic E-state index is 0.0314. The summed E-state index contributed by atoms with van der Waals surface area (Å²) >= 11 is 0. The van der Waals surface area contributed by atoms with E-state index in [2.05, 4.69) is 30.3 Å². The predicted molar refractivity (Wildman–Crippen MR) is 132 cm³/mol. The molecule has 1 aromatic carbocycles. The lowest BCUT2D eigenvalue weighted by Gasteiger charge is -2.14. The molecular weight excluding hydrogens is 484 g/mol. The quantitative estimate of drug-likeness (QED) is 0.294. The number of nitrogens with zero attached hydrogens (tertiary/aromatic N) is 5. The number of aryl methyl sites for hydroxylation is 1. The highest BCUT2D eigenvalue weighted by Gasteiger charge is 2.31. The topological polar surface area (TPSA) is 121 Å². The van der Waals surface area contributed by atoms with E-state index in [1.165, 1.54) is 6.20 Å². The average molecular weight is 512 g/mol. The van der Waals surface area contributed by atoms with Crippen LogP contribution in [0.2, 0.25) is 0 Å². The largest absolute Gasteiger partial charge is 0.389 e. The van der Waals surface area contributed by atoms with Crippen LogP contribution in [0.4, 0.5) is 14.7 Å². The molecule has 5 rings (SSSR count). The van der Waals surface area contributed by atoms with Crippen molar-refractivity contribution in [3.63, 3.8) is 0 Å². The Morgan fingerprint density at radius 1 is 1.32 bits per heavy atom. The van der Waals surface area contributed by atoms with E-state index in [9.17, 15) is 18.7 Å². The van der Waals surface area contributed by atoms with Crippen LogP contribution in [0.5, 0.6) is 0 Å². The fraction of sp³-hybridized carbons (Fsp3) is 0.360. The number of ketones is 1. The van der Waals surface area contributed by atoms with Crippen molar-refractivity contribution in [2.24, 2.45) is 0 Å². The van der Waals surface area contributed by atoms with Crippen molar-refractivity contribution in [2.75, 3.05) is 25.5 Å². The van der Waals surface area contributed by atoms with Crippen LogP contribution in [0.3, 0.4) is 0 Å². The lowest BCUT2D eigenvalue weighted by molar-refractivity contribution is 0.0215. The minimum Gasteiger partial charge on any atom is -0.389 e. The van der Waals surface area contributed by atoms with Crippen molar-refractivity contribution in [2.45, 2.75) is 38.6 Å². The number of halogens is 2. The Balaban J connectivity index is 1.28. The van der Waals surface area contributed by atoms with Gasteiger partial charge in [-0.1, -0.05) is 6.07 Å². The number of alkyl halides is 2. The second-order valence-electron chi connectivity index (χ2n) is 9.06. The zero-order chi connectivity index (χ0) is 26.1. The molecular formula is C25H27F2N7O3. The maximum Gasteiger partial charge on any atom is 0.300 e. The summed E-state index contributed by atoms with van der Waals surface area (Å²) in [6.45, 7) is 4.08. The number of hydrogen-bond donors (Lipinski definition) is 3. The van der Waals surface area contributed by atoms with Crippen LogP contribution in [0.15, 0.2) is 42.9 Å². The highest BCUT2D eigenvalue weighted by molar-refractivity contribution is 6.09. The lowest BCUT2D eigenvalue weighted by atomic mass is 10.1. The smallest absolute Gasteiger partial charge is 0.300 e. The molecule has 194 valence electrons. The number of anilines is 1. The molecule has 4 aromatic rings. The Bertz CT molecular complexity index is 1420. The number of Topliss-reactive ketones (excluding diaryl/α,β-unsaturated/α-hetero) is 1. The third-order valence-corrected chi connectivity index (χ3v) is 6.55. The van der Waals surface area contributed by atoms with Crippen LogP contribution in [0, 0.1) is 6.92 Å². The number of hydrogen-bond acceptors (Lipinski definition) is 8. The summed E-state index contributed by atoms with van der Waals surface area (Å²) < 4.78 is 32.9. The Morgan fingerprint density at radius 2 is 2.16 bits per heavy atom. The maximum atomic E-state index is 12.9. The zero-order valence-electron chi connectivity index (χ0n) is 20.4. The second-order valence-corrected chi connectivity index (χ2v) is 9.06. The average Bonchev–Trinajstić information content (AvgIpc) is 3.58. The van der Waals surface area contributed by atoms with Gasteiger partial charge in [0.1, 0.15) is 0 Å².